The molecule has 2 aromatic rings. The van der Waals surface area contributed by atoms with Crippen molar-refractivity contribution in [1.29, 1.82) is 0 Å². The molecule has 0 amide bonds. The molecule has 0 atom stereocenters. The first-order chi connectivity index (χ1) is 13.3. The molecule has 2 saturated heterocycles. The molecule has 0 saturated carbocycles. The van der Waals surface area contributed by atoms with Crippen molar-refractivity contribution in [2.45, 2.75) is 19.3 Å². The molecule has 0 aromatic heterocycles. The smallest absolute Gasteiger partial charge is 0.120 e. The van der Waals surface area contributed by atoms with E-state index in [0.717, 1.165) is 44.2 Å². The first-order valence-electron chi connectivity index (χ1n) is 10.3. The van der Waals surface area contributed by atoms with Crippen molar-refractivity contribution < 1.29 is 9.47 Å². The van der Waals surface area contributed by atoms with E-state index in [-0.39, 0.29) is 0 Å². The van der Waals surface area contributed by atoms with Gasteiger partial charge in [-0.25, -0.2) is 0 Å². The zero-order valence-corrected chi connectivity index (χ0v) is 16.0. The first kappa shape index (κ1) is 17.1. The minimum Gasteiger partial charge on any atom is -0.492 e. The molecule has 4 heteroatoms. The Kier molecular flexibility index (Phi) is 4.76. The molecule has 3 aliphatic rings. The van der Waals surface area contributed by atoms with Crippen molar-refractivity contribution in [3.8, 4) is 22.6 Å². The van der Waals surface area contributed by atoms with E-state index in [9.17, 15) is 0 Å². The van der Waals surface area contributed by atoms with Crippen molar-refractivity contribution in [2.24, 2.45) is 0 Å². The standard InChI is InChI=1S/C23H28N2O2/c1-7-24(8-1)11-13-26-20-5-6-22-19(16-20)15-18-3-4-21(17-23(18)22)27-14-12-25-9-2-10-25/h3-6,16-17H,1-2,7-15H2. The van der Waals surface area contributed by atoms with Gasteiger partial charge in [-0.1, -0.05) is 12.1 Å². The van der Waals surface area contributed by atoms with Gasteiger partial charge in [0.2, 0.25) is 0 Å². The fraction of sp³-hybridized carbons (Fsp3) is 0.478. The van der Waals surface area contributed by atoms with Gasteiger partial charge in [0.25, 0.3) is 0 Å². The predicted molar refractivity (Wildman–Crippen MR) is 108 cm³/mol. The lowest BCUT2D eigenvalue weighted by Crippen LogP contribution is -2.39. The number of rotatable bonds is 8. The monoisotopic (exact) mass is 364 g/mol. The summed E-state index contributed by atoms with van der Waals surface area (Å²) in [4.78, 5) is 4.87. The Bertz CT molecular complexity index is 812. The normalized spacial score (nSPS) is 18.4. The van der Waals surface area contributed by atoms with Gasteiger partial charge in [0.15, 0.2) is 0 Å². The quantitative estimate of drug-likeness (QED) is 0.611. The van der Waals surface area contributed by atoms with Crippen LogP contribution in [0.15, 0.2) is 36.4 Å². The maximum Gasteiger partial charge on any atom is 0.120 e. The molecule has 0 N–H and O–H groups in total. The third-order valence-corrected chi connectivity index (χ3v) is 6.08. The number of likely N-dealkylation sites (tertiary alicyclic amines) is 2. The Morgan fingerprint density at radius 3 is 1.93 bits per heavy atom. The highest BCUT2D eigenvalue weighted by molar-refractivity contribution is 5.78. The van der Waals surface area contributed by atoms with Crippen molar-refractivity contribution in [3.05, 3.63) is 47.5 Å². The van der Waals surface area contributed by atoms with Gasteiger partial charge < -0.3 is 9.47 Å². The summed E-state index contributed by atoms with van der Waals surface area (Å²) in [5, 5.41) is 0. The topological polar surface area (TPSA) is 24.9 Å². The molecule has 0 radical (unpaired) electrons. The summed E-state index contributed by atoms with van der Waals surface area (Å²) in [6.45, 7) is 8.53. The molecule has 2 heterocycles. The van der Waals surface area contributed by atoms with Crippen LogP contribution in [0.4, 0.5) is 0 Å². The molecule has 0 unspecified atom stereocenters. The van der Waals surface area contributed by atoms with Gasteiger partial charge in [-0.2, -0.15) is 0 Å². The van der Waals surface area contributed by atoms with Gasteiger partial charge in [-0.05, 0) is 92.0 Å². The van der Waals surface area contributed by atoms with E-state index in [0.29, 0.717) is 0 Å². The minimum atomic E-state index is 0.773. The number of benzene rings is 2. The summed E-state index contributed by atoms with van der Waals surface area (Å²) < 4.78 is 12.0. The second kappa shape index (κ2) is 7.53. The Morgan fingerprint density at radius 2 is 1.30 bits per heavy atom. The zero-order valence-electron chi connectivity index (χ0n) is 16.0. The molecule has 0 spiro atoms. The Labute approximate surface area is 161 Å². The average molecular weight is 364 g/mol. The molecule has 142 valence electrons. The Morgan fingerprint density at radius 1 is 0.667 bits per heavy atom. The lowest BCUT2D eigenvalue weighted by atomic mass is 10.1. The highest BCUT2D eigenvalue weighted by Crippen LogP contribution is 2.40. The third kappa shape index (κ3) is 3.69. The van der Waals surface area contributed by atoms with Gasteiger partial charge in [0.1, 0.15) is 24.7 Å². The van der Waals surface area contributed by atoms with Crippen LogP contribution in [-0.4, -0.2) is 62.3 Å². The van der Waals surface area contributed by atoms with Crippen LogP contribution in [0.3, 0.4) is 0 Å². The lowest BCUT2D eigenvalue weighted by molar-refractivity contribution is 0.147. The van der Waals surface area contributed by atoms with Crippen LogP contribution in [0.1, 0.15) is 24.0 Å². The second-order valence-electron chi connectivity index (χ2n) is 7.90. The molecule has 2 fully saturated rings. The predicted octanol–water partition coefficient (Wildman–Crippen LogP) is 3.43. The van der Waals surface area contributed by atoms with Gasteiger partial charge in [0.05, 0.1) is 0 Å². The summed E-state index contributed by atoms with van der Waals surface area (Å²) in [7, 11) is 0. The summed E-state index contributed by atoms with van der Waals surface area (Å²) in [5.41, 5.74) is 5.40. The van der Waals surface area contributed by atoms with E-state index < -0.39 is 0 Å². The summed E-state index contributed by atoms with van der Waals surface area (Å²) >= 11 is 0. The minimum absolute atomic E-state index is 0.773. The molecular weight excluding hydrogens is 336 g/mol. The van der Waals surface area contributed by atoms with Gasteiger partial charge >= 0.3 is 0 Å². The van der Waals surface area contributed by atoms with Crippen molar-refractivity contribution in [1.82, 2.24) is 9.80 Å². The largest absolute Gasteiger partial charge is 0.492 e. The van der Waals surface area contributed by atoms with Crippen LogP contribution >= 0.6 is 0 Å². The third-order valence-electron chi connectivity index (χ3n) is 6.08. The van der Waals surface area contributed by atoms with E-state index in [2.05, 4.69) is 46.2 Å². The van der Waals surface area contributed by atoms with Crippen molar-refractivity contribution in [2.75, 3.05) is 52.5 Å². The maximum atomic E-state index is 6.00. The Balaban J connectivity index is 1.22. The summed E-state index contributed by atoms with van der Waals surface area (Å²) in [6.07, 6.45) is 3.66. The number of hydrogen-bond acceptors (Lipinski definition) is 4. The van der Waals surface area contributed by atoms with Gasteiger partial charge in [0, 0.05) is 13.1 Å². The highest BCUT2D eigenvalue weighted by Gasteiger charge is 2.20. The fourth-order valence-corrected chi connectivity index (χ4v) is 4.12. The summed E-state index contributed by atoms with van der Waals surface area (Å²) in [5.74, 6) is 1.98. The summed E-state index contributed by atoms with van der Waals surface area (Å²) in [6, 6.07) is 13.1. The van der Waals surface area contributed by atoms with E-state index in [4.69, 9.17) is 9.47 Å². The van der Waals surface area contributed by atoms with Crippen LogP contribution in [0.5, 0.6) is 11.5 Å². The van der Waals surface area contributed by atoms with Crippen LogP contribution in [0.25, 0.3) is 11.1 Å². The molecule has 2 aliphatic heterocycles. The van der Waals surface area contributed by atoms with E-state index in [1.54, 1.807) is 0 Å². The highest BCUT2D eigenvalue weighted by atomic mass is 16.5. The van der Waals surface area contributed by atoms with Crippen LogP contribution in [-0.2, 0) is 6.42 Å². The van der Waals surface area contributed by atoms with Crippen molar-refractivity contribution >= 4 is 0 Å². The van der Waals surface area contributed by atoms with E-state index in [1.165, 1.54) is 61.3 Å². The van der Waals surface area contributed by atoms with Crippen LogP contribution < -0.4 is 9.47 Å². The van der Waals surface area contributed by atoms with Crippen LogP contribution in [0, 0.1) is 0 Å². The number of ether oxygens (including phenoxy) is 2. The van der Waals surface area contributed by atoms with E-state index in [1.807, 2.05) is 0 Å². The zero-order chi connectivity index (χ0) is 18.1. The number of nitrogens with zero attached hydrogens (tertiary/aromatic N) is 2. The molecule has 2 aromatic carbocycles. The number of hydrogen-bond donors (Lipinski definition) is 0. The van der Waals surface area contributed by atoms with Crippen molar-refractivity contribution in [3.63, 3.8) is 0 Å². The lowest BCUT2D eigenvalue weighted by Gasteiger charge is -2.30. The molecule has 1 aliphatic carbocycles. The molecular formula is C23H28N2O2. The Hall–Kier alpha value is -2.04. The molecule has 5 rings (SSSR count). The second-order valence-corrected chi connectivity index (χ2v) is 7.90. The van der Waals surface area contributed by atoms with E-state index >= 15 is 0 Å². The molecule has 27 heavy (non-hydrogen) atoms. The molecule has 0 bridgehead atoms. The van der Waals surface area contributed by atoms with Crippen LogP contribution in [0.2, 0.25) is 0 Å². The van der Waals surface area contributed by atoms with Gasteiger partial charge in [-0.3, -0.25) is 9.80 Å². The first-order valence-corrected chi connectivity index (χ1v) is 10.3. The average Bonchev–Trinajstić information content (AvgIpc) is 2.96. The SMILES string of the molecule is c1cc2c(cc1OCCN1CCC1)Cc1ccc(OCCN3CCC3)cc1-2. The fourth-order valence-electron chi connectivity index (χ4n) is 4.12. The maximum absolute atomic E-state index is 6.00. The molecule has 4 nitrogen and oxygen atoms in total. The number of fused-ring (bicyclic) bond motifs is 3. The van der Waals surface area contributed by atoms with Gasteiger partial charge in [-0.15, -0.1) is 0 Å².